The van der Waals surface area contributed by atoms with Crippen molar-refractivity contribution in [3.05, 3.63) is 34.2 Å². The third kappa shape index (κ3) is 4.40. The van der Waals surface area contributed by atoms with Gasteiger partial charge in [0, 0.05) is 13.2 Å². The molecule has 1 aromatic carbocycles. The van der Waals surface area contributed by atoms with E-state index >= 15 is 0 Å². The van der Waals surface area contributed by atoms with Crippen molar-refractivity contribution in [1.29, 1.82) is 0 Å². The van der Waals surface area contributed by atoms with Crippen LogP contribution in [-0.4, -0.2) is 30.3 Å². The maximum absolute atomic E-state index is 12.2. The molecule has 25 heavy (non-hydrogen) atoms. The molecule has 0 saturated heterocycles. The van der Waals surface area contributed by atoms with Crippen molar-refractivity contribution in [2.45, 2.75) is 57.5 Å². The second-order valence-electron chi connectivity index (χ2n) is 6.96. The standard InChI is InChI=1S/C20H28N2O3/c1-24-15-11-12-16-18(13-15)22-20(23)17(21-16)9-5-3-4-7-14-8-6-10-19(14)25-2/h11-14,19H,3-10H2,1-2H3,(H,22,23)/t14?,19-/m1/s1. The van der Waals surface area contributed by atoms with Crippen LogP contribution in [0.3, 0.4) is 0 Å². The zero-order chi connectivity index (χ0) is 17.6. The first-order valence-corrected chi connectivity index (χ1v) is 9.31. The van der Waals surface area contributed by atoms with Gasteiger partial charge in [-0.2, -0.15) is 0 Å². The normalized spacial score (nSPS) is 20.2. The van der Waals surface area contributed by atoms with Crippen molar-refractivity contribution in [3.8, 4) is 5.75 Å². The summed E-state index contributed by atoms with van der Waals surface area (Å²) in [6, 6.07) is 5.56. The highest BCUT2D eigenvalue weighted by molar-refractivity contribution is 5.75. The largest absolute Gasteiger partial charge is 0.497 e. The maximum Gasteiger partial charge on any atom is 0.270 e. The molecule has 1 saturated carbocycles. The summed E-state index contributed by atoms with van der Waals surface area (Å²) in [4.78, 5) is 19.7. The quantitative estimate of drug-likeness (QED) is 0.739. The summed E-state index contributed by atoms with van der Waals surface area (Å²) in [5, 5.41) is 0. The summed E-state index contributed by atoms with van der Waals surface area (Å²) in [6.45, 7) is 0. The number of benzene rings is 1. The topological polar surface area (TPSA) is 64.2 Å². The van der Waals surface area contributed by atoms with Crippen LogP contribution in [-0.2, 0) is 11.2 Å². The van der Waals surface area contributed by atoms with Crippen molar-refractivity contribution in [2.24, 2.45) is 5.92 Å². The molecule has 2 aromatic rings. The molecule has 0 amide bonds. The lowest BCUT2D eigenvalue weighted by molar-refractivity contribution is 0.0671. The van der Waals surface area contributed by atoms with Crippen LogP contribution >= 0.6 is 0 Å². The van der Waals surface area contributed by atoms with Crippen LogP contribution in [0.5, 0.6) is 5.75 Å². The average Bonchev–Trinajstić information content (AvgIpc) is 3.08. The fourth-order valence-electron chi connectivity index (χ4n) is 3.92. The lowest BCUT2D eigenvalue weighted by atomic mass is 9.97. The van der Waals surface area contributed by atoms with E-state index in [4.69, 9.17) is 9.47 Å². The van der Waals surface area contributed by atoms with E-state index < -0.39 is 0 Å². The number of hydrogen-bond acceptors (Lipinski definition) is 4. The van der Waals surface area contributed by atoms with Crippen LogP contribution in [0.4, 0.5) is 0 Å². The average molecular weight is 344 g/mol. The molecule has 3 rings (SSSR count). The molecule has 0 radical (unpaired) electrons. The Labute approximate surface area is 148 Å². The molecule has 1 aromatic heterocycles. The van der Waals surface area contributed by atoms with E-state index in [0.29, 0.717) is 11.8 Å². The van der Waals surface area contributed by atoms with Gasteiger partial charge in [-0.1, -0.05) is 19.3 Å². The molecule has 0 aliphatic heterocycles. The predicted molar refractivity (Wildman–Crippen MR) is 99.2 cm³/mol. The van der Waals surface area contributed by atoms with Crippen LogP contribution in [0.1, 0.15) is 50.6 Å². The number of aromatic amines is 1. The first-order chi connectivity index (χ1) is 12.2. The van der Waals surface area contributed by atoms with Crippen LogP contribution in [0.25, 0.3) is 11.0 Å². The van der Waals surface area contributed by atoms with Crippen LogP contribution in [0, 0.1) is 5.92 Å². The van der Waals surface area contributed by atoms with E-state index in [1.54, 1.807) is 13.2 Å². The molecule has 136 valence electrons. The Bertz CT molecular complexity index is 756. The Hall–Kier alpha value is -1.88. The second-order valence-corrected chi connectivity index (χ2v) is 6.96. The van der Waals surface area contributed by atoms with E-state index in [-0.39, 0.29) is 5.56 Å². The lowest BCUT2D eigenvalue weighted by Crippen LogP contribution is -2.16. The van der Waals surface area contributed by atoms with Gasteiger partial charge < -0.3 is 14.5 Å². The van der Waals surface area contributed by atoms with Crippen LogP contribution < -0.4 is 10.3 Å². The molecule has 5 heteroatoms. The van der Waals surface area contributed by atoms with Gasteiger partial charge in [-0.3, -0.25) is 4.79 Å². The van der Waals surface area contributed by atoms with E-state index in [0.717, 1.165) is 42.0 Å². The zero-order valence-corrected chi connectivity index (χ0v) is 15.2. The Kier molecular flexibility index (Phi) is 6.08. The van der Waals surface area contributed by atoms with Crippen molar-refractivity contribution in [2.75, 3.05) is 14.2 Å². The van der Waals surface area contributed by atoms with Gasteiger partial charge in [-0.25, -0.2) is 4.98 Å². The molecule has 2 atom stereocenters. The summed E-state index contributed by atoms with van der Waals surface area (Å²) in [5.74, 6) is 1.45. The number of hydrogen-bond donors (Lipinski definition) is 1. The number of H-pyrrole nitrogens is 1. The molecule has 0 spiro atoms. The monoisotopic (exact) mass is 344 g/mol. The Morgan fingerprint density at radius 3 is 2.88 bits per heavy atom. The number of ether oxygens (including phenoxy) is 2. The number of rotatable bonds is 8. The number of fused-ring (bicyclic) bond motifs is 1. The van der Waals surface area contributed by atoms with Gasteiger partial charge in [0.05, 0.1) is 24.2 Å². The van der Waals surface area contributed by atoms with Crippen molar-refractivity contribution in [3.63, 3.8) is 0 Å². The highest BCUT2D eigenvalue weighted by atomic mass is 16.5. The minimum atomic E-state index is -0.0870. The number of nitrogens with one attached hydrogen (secondary N) is 1. The minimum absolute atomic E-state index is 0.0870. The molecule has 1 aliphatic rings. The summed E-state index contributed by atoms with van der Waals surface area (Å²) in [7, 11) is 3.44. The first kappa shape index (κ1) is 17.9. The summed E-state index contributed by atoms with van der Waals surface area (Å²) >= 11 is 0. The maximum atomic E-state index is 12.2. The summed E-state index contributed by atoms with van der Waals surface area (Å²) < 4.78 is 10.7. The molecule has 1 unspecified atom stereocenters. The highest BCUT2D eigenvalue weighted by Crippen LogP contribution is 2.31. The zero-order valence-electron chi connectivity index (χ0n) is 15.2. The van der Waals surface area contributed by atoms with E-state index in [1.165, 1.54) is 32.1 Å². The smallest absolute Gasteiger partial charge is 0.270 e. The third-order valence-corrected chi connectivity index (χ3v) is 5.35. The van der Waals surface area contributed by atoms with Crippen LogP contribution in [0.15, 0.2) is 23.0 Å². The second kappa shape index (κ2) is 8.48. The highest BCUT2D eigenvalue weighted by Gasteiger charge is 2.26. The van der Waals surface area contributed by atoms with E-state index in [2.05, 4.69) is 9.97 Å². The number of aromatic nitrogens is 2. The first-order valence-electron chi connectivity index (χ1n) is 9.31. The molecule has 1 aliphatic carbocycles. The van der Waals surface area contributed by atoms with Crippen LogP contribution in [0.2, 0.25) is 0 Å². The number of unbranched alkanes of at least 4 members (excludes halogenated alkanes) is 2. The SMILES string of the molecule is COc1ccc2nc(CCCCCC3CCC[C@H]3OC)c(=O)[nH]c2c1. The van der Waals surface area contributed by atoms with Gasteiger partial charge in [0.2, 0.25) is 0 Å². The van der Waals surface area contributed by atoms with E-state index in [1.807, 2.05) is 19.2 Å². The summed E-state index contributed by atoms with van der Waals surface area (Å²) in [5.41, 5.74) is 2.08. The van der Waals surface area contributed by atoms with Gasteiger partial charge in [-0.15, -0.1) is 0 Å². The lowest BCUT2D eigenvalue weighted by Gasteiger charge is -2.17. The molecular weight excluding hydrogens is 316 g/mol. The Balaban J connectivity index is 1.51. The molecular formula is C20H28N2O3. The van der Waals surface area contributed by atoms with Crippen molar-refractivity contribution < 1.29 is 9.47 Å². The van der Waals surface area contributed by atoms with Crippen molar-refractivity contribution >= 4 is 11.0 Å². The fourth-order valence-corrected chi connectivity index (χ4v) is 3.92. The fraction of sp³-hybridized carbons (Fsp3) is 0.600. The number of aryl methyl sites for hydroxylation is 1. The third-order valence-electron chi connectivity index (χ3n) is 5.35. The summed E-state index contributed by atoms with van der Waals surface area (Å²) in [6.07, 6.45) is 9.57. The van der Waals surface area contributed by atoms with E-state index in [9.17, 15) is 4.79 Å². The van der Waals surface area contributed by atoms with Gasteiger partial charge in [-0.05, 0) is 50.2 Å². The van der Waals surface area contributed by atoms with Gasteiger partial charge >= 0.3 is 0 Å². The number of nitrogens with zero attached hydrogens (tertiary/aromatic N) is 1. The van der Waals surface area contributed by atoms with Gasteiger partial charge in [0.25, 0.3) is 5.56 Å². The minimum Gasteiger partial charge on any atom is -0.497 e. The molecule has 0 bridgehead atoms. The molecule has 5 nitrogen and oxygen atoms in total. The van der Waals surface area contributed by atoms with Gasteiger partial charge in [0.15, 0.2) is 0 Å². The molecule has 1 N–H and O–H groups in total. The Morgan fingerprint density at radius 1 is 1.20 bits per heavy atom. The number of methoxy groups -OCH3 is 2. The van der Waals surface area contributed by atoms with Gasteiger partial charge in [0.1, 0.15) is 11.4 Å². The molecule has 1 heterocycles. The Morgan fingerprint density at radius 2 is 2.08 bits per heavy atom. The predicted octanol–water partition coefficient (Wildman–Crippen LogP) is 3.85. The molecule has 1 fully saturated rings. The van der Waals surface area contributed by atoms with Crippen molar-refractivity contribution in [1.82, 2.24) is 9.97 Å².